The summed E-state index contributed by atoms with van der Waals surface area (Å²) >= 11 is 5.94. The minimum Gasteiger partial charge on any atom is -0.473 e. The van der Waals surface area contributed by atoms with E-state index < -0.39 is 11.9 Å². The van der Waals surface area contributed by atoms with Crippen molar-refractivity contribution in [3.63, 3.8) is 0 Å². The molecular weight excluding hydrogens is 428 g/mol. The van der Waals surface area contributed by atoms with Gasteiger partial charge in [-0.2, -0.15) is 0 Å². The Bertz CT molecular complexity index is 1220. The molecule has 0 saturated heterocycles. The van der Waals surface area contributed by atoms with Crippen LogP contribution < -0.4 is 5.32 Å². The Morgan fingerprint density at radius 2 is 1.50 bits per heavy atom. The third-order valence-electron chi connectivity index (χ3n) is 5.17. The van der Waals surface area contributed by atoms with E-state index in [1.807, 2.05) is 12.1 Å². The first kappa shape index (κ1) is 23.3. The van der Waals surface area contributed by atoms with Gasteiger partial charge in [0.1, 0.15) is 0 Å². The van der Waals surface area contributed by atoms with Crippen molar-refractivity contribution in [3.8, 4) is 0 Å². The second-order valence-electron chi connectivity index (χ2n) is 7.28. The number of nitrogens with zero attached hydrogens (tertiary/aromatic N) is 1. The summed E-state index contributed by atoms with van der Waals surface area (Å²) in [5.74, 6) is -3.65. The summed E-state index contributed by atoms with van der Waals surface area (Å²) in [7, 11) is 0. The molecule has 32 heavy (non-hydrogen) atoms. The van der Waals surface area contributed by atoms with Crippen molar-refractivity contribution in [1.82, 2.24) is 9.88 Å². The lowest BCUT2D eigenvalue weighted by atomic mass is 10.1. The van der Waals surface area contributed by atoms with E-state index in [0.29, 0.717) is 0 Å². The Kier molecular flexibility index (Phi) is 7.87. The lowest BCUT2D eigenvalue weighted by molar-refractivity contribution is -0.159. The highest BCUT2D eigenvalue weighted by Gasteiger charge is 2.09. The number of fused-ring (bicyclic) bond motifs is 3. The average molecular weight is 453 g/mol. The normalized spacial score (nSPS) is 10.7. The zero-order valence-corrected chi connectivity index (χ0v) is 18.5. The molecule has 0 aliphatic heterocycles. The van der Waals surface area contributed by atoms with E-state index in [2.05, 4.69) is 71.4 Å². The van der Waals surface area contributed by atoms with Crippen LogP contribution in [0.25, 0.3) is 21.8 Å². The maximum atomic E-state index is 9.10. The van der Waals surface area contributed by atoms with Gasteiger partial charge in [0.15, 0.2) is 0 Å². The largest absolute Gasteiger partial charge is 0.473 e. The highest BCUT2D eigenvalue weighted by Crippen LogP contribution is 2.29. The number of aryl methyl sites for hydroxylation is 1. The average Bonchev–Trinajstić information content (AvgIpc) is 3.11. The number of aliphatic carboxylic acids is 2. The number of hydrogen-bond donors (Lipinski definition) is 3. The van der Waals surface area contributed by atoms with Crippen molar-refractivity contribution in [2.45, 2.75) is 26.4 Å². The number of hydrogen-bond acceptors (Lipinski definition) is 3. The highest BCUT2D eigenvalue weighted by molar-refractivity contribution is 6.30. The minimum absolute atomic E-state index is 0.793. The van der Waals surface area contributed by atoms with Crippen LogP contribution in [-0.2, 0) is 29.1 Å². The van der Waals surface area contributed by atoms with Gasteiger partial charge in [-0.05, 0) is 61.3 Å². The predicted molar refractivity (Wildman–Crippen MR) is 127 cm³/mol. The Balaban J connectivity index is 0.000000427. The molecule has 0 aliphatic rings. The van der Waals surface area contributed by atoms with Crippen LogP contribution in [0.2, 0.25) is 5.02 Å². The fraction of sp³-hybridized carbons (Fsp3) is 0.200. The first-order chi connectivity index (χ1) is 15.4. The first-order valence-electron chi connectivity index (χ1n) is 10.3. The summed E-state index contributed by atoms with van der Waals surface area (Å²) in [6.07, 6.45) is 1.01. The summed E-state index contributed by atoms with van der Waals surface area (Å²) in [6, 6.07) is 23.6. The third kappa shape index (κ3) is 5.66. The molecule has 0 spiro atoms. The van der Waals surface area contributed by atoms with Crippen LogP contribution in [-0.4, -0.2) is 33.3 Å². The van der Waals surface area contributed by atoms with Gasteiger partial charge in [-0.15, -0.1) is 0 Å². The van der Waals surface area contributed by atoms with E-state index in [0.717, 1.165) is 31.1 Å². The molecule has 0 aliphatic carbocycles. The lowest BCUT2D eigenvalue weighted by Crippen LogP contribution is -2.16. The quantitative estimate of drug-likeness (QED) is 0.284. The van der Waals surface area contributed by atoms with Crippen LogP contribution in [0.1, 0.15) is 18.1 Å². The van der Waals surface area contributed by atoms with Gasteiger partial charge >= 0.3 is 11.9 Å². The van der Waals surface area contributed by atoms with Crippen molar-refractivity contribution < 1.29 is 19.8 Å². The van der Waals surface area contributed by atoms with Crippen molar-refractivity contribution in [2.24, 2.45) is 0 Å². The van der Waals surface area contributed by atoms with E-state index in [-0.39, 0.29) is 0 Å². The summed E-state index contributed by atoms with van der Waals surface area (Å²) < 4.78 is 2.39. The van der Waals surface area contributed by atoms with Gasteiger partial charge in [0, 0.05) is 39.9 Å². The fourth-order valence-electron chi connectivity index (χ4n) is 3.67. The minimum atomic E-state index is -1.82. The molecule has 0 unspecified atom stereocenters. The lowest BCUT2D eigenvalue weighted by Gasteiger charge is -2.07. The summed E-state index contributed by atoms with van der Waals surface area (Å²) in [5.41, 5.74) is 5.27. The number of halogens is 1. The number of carboxylic acids is 2. The van der Waals surface area contributed by atoms with Crippen molar-refractivity contribution in [2.75, 3.05) is 6.54 Å². The predicted octanol–water partition coefficient (Wildman–Crippen LogP) is 4.96. The van der Waals surface area contributed by atoms with Crippen LogP contribution in [0.15, 0.2) is 66.7 Å². The molecule has 6 nitrogen and oxygen atoms in total. The van der Waals surface area contributed by atoms with Crippen LogP contribution in [0.3, 0.4) is 0 Å². The number of aromatic nitrogens is 1. The maximum absolute atomic E-state index is 9.10. The fourth-order valence-corrected chi connectivity index (χ4v) is 3.79. The molecule has 7 heteroatoms. The number of rotatable bonds is 6. The Morgan fingerprint density at radius 1 is 0.875 bits per heavy atom. The molecule has 0 atom stereocenters. The Morgan fingerprint density at radius 3 is 2.16 bits per heavy atom. The Labute approximate surface area is 191 Å². The molecule has 4 aromatic rings. The van der Waals surface area contributed by atoms with Crippen LogP contribution in [0.4, 0.5) is 0 Å². The molecule has 3 N–H and O–H groups in total. The van der Waals surface area contributed by atoms with Gasteiger partial charge in [-0.3, -0.25) is 0 Å². The molecule has 0 amide bonds. The van der Waals surface area contributed by atoms with Crippen LogP contribution in [0.5, 0.6) is 0 Å². The number of para-hydroxylation sites is 1. The first-order valence-corrected chi connectivity index (χ1v) is 10.7. The van der Waals surface area contributed by atoms with Crippen molar-refractivity contribution >= 4 is 45.3 Å². The molecule has 0 saturated carbocycles. The van der Waals surface area contributed by atoms with E-state index >= 15 is 0 Å². The molecule has 0 radical (unpaired) electrons. The van der Waals surface area contributed by atoms with Crippen molar-refractivity contribution in [1.29, 1.82) is 0 Å². The smallest absolute Gasteiger partial charge is 0.414 e. The van der Waals surface area contributed by atoms with E-state index in [4.69, 9.17) is 31.4 Å². The monoisotopic (exact) mass is 452 g/mol. The Hall–Kier alpha value is -3.35. The topological polar surface area (TPSA) is 91.6 Å². The molecular formula is C25H25ClN2O4. The zero-order valence-electron chi connectivity index (χ0n) is 17.7. The van der Waals surface area contributed by atoms with Gasteiger partial charge in [0.2, 0.25) is 0 Å². The highest BCUT2D eigenvalue weighted by atomic mass is 35.5. The van der Waals surface area contributed by atoms with Crippen LogP contribution in [0, 0.1) is 0 Å². The van der Waals surface area contributed by atoms with Gasteiger partial charge in [0.25, 0.3) is 0 Å². The second kappa shape index (κ2) is 10.8. The molecule has 0 fully saturated rings. The van der Waals surface area contributed by atoms with Gasteiger partial charge in [-0.25, -0.2) is 9.59 Å². The van der Waals surface area contributed by atoms with Gasteiger partial charge < -0.3 is 20.1 Å². The third-order valence-corrected chi connectivity index (χ3v) is 5.42. The van der Waals surface area contributed by atoms with E-state index in [1.54, 1.807) is 0 Å². The number of nitrogens with one attached hydrogen (secondary N) is 1. The maximum Gasteiger partial charge on any atom is 0.414 e. The van der Waals surface area contributed by atoms with Crippen molar-refractivity contribution in [3.05, 3.63) is 82.9 Å². The number of benzene rings is 3. The molecule has 1 aromatic heterocycles. The molecule has 1 heterocycles. The molecule has 3 aromatic carbocycles. The number of carboxylic acid groups (broad SMARTS) is 2. The summed E-state index contributed by atoms with van der Waals surface area (Å²) in [4.78, 5) is 18.2. The molecule has 166 valence electrons. The van der Waals surface area contributed by atoms with E-state index in [9.17, 15) is 0 Å². The van der Waals surface area contributed by atoms with E-state index in [1.165, 1.54) is 32.9 Å². The number of carbonyl (C=O) groups is 2. The summed E-state index contributed by atoms with van der Waals surface area (Å²) in [5, 5.41) is 21.8. The second-order valence-corrected chi connectivity index (χ2v) is 7.71. The zero-order chi connectivity index (χ0) is 23.1. The standard InChI is InChI=1S/C23H23ClN2.C2H2O4/c1-2-26-22-6-4-3-5-20(22)21-15-18(9-12-23(21)26)16-25-14-13-17-7-10-19(24)11-8-17;3-1(4)2(5)6/h3-12,15,25H,2,13-14,16H2,1H3;(H,3,4)(H,5,6). The van der Waals surface area contributed by atoms with Gasteiger partial charge in [0.05, 0.1) is 0 Å². The molecule has 0 bridgehead atoms. The SMILES string of the molecule is CCn1c2ccccc2c2cc(CNCCc3ccc(Cl)cc3)ccc21.O=C(O)C(=O)O. The molecule has 4 rings (SSSR count). The van der Waals surface area contributed by atoms with Crippen LogP contribution >= 0.6 is 11.6 Å². The van der Waals surface area contributed by atoms with Gasteiger partial charge in [-0.1, -0.05) is 48.0 Å². The summed E-state index contributed by atoms with van der Waals surface area (Å²) in [6.45, 7) is 5.03.